The number of rotatable bonds is 7. The molecule has 156 valence electrons. The second-order valence-electron chi connectivity index (χ2n) is 7.08. The summed E-state index contributed by atoms with van der Waals surface area (Å²) >= 11 is 1.55. The van der Waals surface area contributed by atoms with E-state index < -0.39 is 11.2 Å². The van der Waals surface area contributed by atoms with Gasteiger partial charge in [0.15, 0.2) is 6.61 Å². The SMILES string of the molecule is CCOC(=O)COc1cccc2c1c1c(n2Cc2ccccc2)CCSC1C(N)=O. The summed E-state index contributed by atoms with van der Waals surface area (Å²) in [6.45, 7) is 2.56. The molecule has 0 bridgehead atoms. The molecule has 0 spiro atoms. The second-order valence-corrected chi connectivity index (χ2v) is 8.29. The normalized spacial score (nSPS) is 15.6. The molecule has 3 aromatic rings. The Hall–Kier alpha value is -2.93. The number of hydrogen-bond donors (Lipinski definition) is 1. The molecule has 1 unspecified atom stereocenters. The molecule has 1 atom stereocenters. The number of carbonyl (C=O) groups excluding carboxylic acids is 2. The van der Waals surface area contributed by atoms with Crippen molar-refractivity contribution in [1.29, 1.82) is 0 Å². The first kappa shape index (κ1) is 20.3. The van der Waals surface area contributed by atoms with E-state index in [0.29, 0.717) is 18.9 Å². The van der Waals surface area contributed by atoms with Crippen LogP contribution < -0.4 is 10.5 Å². The number of amides is 1. The number of thioether (sulfide) groups is 1. The maximum absolute atomic E-state index is 12.3. The Morgan fingerprint density at radius 2 is 1.97 bits per heavy atom. The molecule has 1 aliphatic heterocycles. The summed E-state index contributed by atoms with van der Waals surface area (Å²) in [7, 11) is 0. The van der Waals surface area contributed by atoms with Gasteiger partial charge in [0.2, 0.25) is 5.91 Å². The lowest BCUT2D eigenvalue weighted by Gasteiger charge is -2.22. The van der Waals surface area contributed by atoms with Crippen LogP contribution in [0.15, 0.2) is 48.5 Å². The highest BCUT2D eigenvalue weighted by Gasteiger charge is 2.33. The number of nitrogens with zero attached hydrogens (tertiary/aromatic N) is 1. The van der Waals surface area contributed by atoms with Crippen molar-refractivity contribution in [3.05, 3.63) is 65.4 Å². The number of ether oxygens (including phenoxy) is 2. The summed E-state index contributed by atoms with van der Waals surface area (Å²) in [6, 6.07) is 16.0. The van der Waals surface area contributed by atoms with Crippen molar-refractivity contribution in [1.82, 2.24) is 4.57 Å². The van der Waals surface area contributed by atoms with Gasteiger partial charge in [0.1, 0.15) is 11.0 Å². The molecule has 2 heterocycles. The van der Waals surface area contributed by atoms with Gasteiger partial charge in [-0.2, -0.15) is 0 Å². The Morgan fingerprint density at radius 3 is 2.70 bits per heavy atom. The maximum Gasteiger partial charge on any atom is 0.344 e. The summed E-state index contributed by atoms with van der Waals surface area (Å²) in [5.41, 5.74) is 9.91. The number of hydrogen-bond acceptors (Lipinski definition) is 5. The minimum absolute atomic E-state index is 0.181. The van der Waals surface area contributed by atoms with Gasteiger partial charge in [-0.25, -0.2) is 4.79 Å². The summed E-state index contributed by atoms with van der Waals surface area (Å²) in [5, 5.41) is 0.407. The van der Waals surface area contributed by atoms with Crippen LogP contribution in [0.2, 0.25) is 0 Å². The molecule has 0 saturated carbocycles. The van der Waals surface area contributed by atoms with E-state index in [2.05, 4.69) is 16.7 Å². The number of fused-ring (bicyclic) bond motifs is 3. The zero-order chi connectivity index (χ0) is 21.1. The minimum Gasteiger partial charge on any atom is -0.481 e. The van der Waals surface area contributed by atoms with Crippen LogP contribution >= 0.6 is 11.8 Å². The molecule has 0 radical (unpaired) electrons. The molecule has 30 heavy (non-hydrogen) atoms. The van der Waals surface area contributed by atoms with Gasteiger partial charge in [-0.3, -0.25) is 4.79 Å². The van der Waals surface area contributed by atoms with Gasteiger partial charge in [-0.15, -0.1) is 11.8 Å². The molecule has 4 rings (SSSR count). The lowest BCUT2D eigenvalue weighted by atomic mass is 10.0. The molecule has 7 heteroatoms. The fourth-order valence-electron chi connectivity index (χ4n) is 3.99. The van der Waals surface area contributed by atoms with Crippen LogP contribution in [-0.4, -0.2) is 35.4 Å². The van der Waals surface area contributed by atoms with Crippen LogP contribution in [0.25, 0.3) is 10.9 Å². The first-order chi connectivity index (χ1) is 14.6. The number of nitrogens with two attached hydrogens (primary N) is 1. The number of esters is 1. The molecule has 1 amide bonds. The zero-order valence-electron chi connectivity index (χ0n) is 16.8. The van der Waals surface area contributed by atoms with Crippen molar-refractivity contribution >= 4 is 34.5 Å². The average molecular weight is 425 g/mol. The third-order valence-electron chi connectivity index (χ3n) is 5.18. The molecular weight excluding hydrogens is 400 g/mol. The summed E-state index contributed by atoms with van der Waals surface area (Å²) in [5.74, 6) is 0.607. The van der Waals surface area contributed by atoms with E-state index >= 15 is 0 Å². The molecule has 0 fully saturated rings. The standard InChI is InChI=1S/C23H24N2O4S/c1-2-28-19(26)14-29-18-10-6-9-16-20(18)21-17(11-12-30-22(21)23(24)27)25(16)13-15-7-4-3-5-8-15/h3-10,22H,2,11-14H2,1H3,(H2,24,27). The monoisotopic (exact) mass is 424 g/mol. The van der Waals surface area contributed by atoms with Crippen molar-refractivity contribution < 1.29 is 19.1 Å². The predicted molar refractivity (Wildman–Crippen MR) is 118 cm³/mol. The molecule has 1 aliphatic rings. The molecular formula is C23H24N2O4S. The highest BCUT2D eigenvalue weighted by atomic mass is 32.2. The Bertz CT molecular complexity index is 1080. The van der Waals surface area contributed by atoms with E-state index in [4.69, 9.17) is 15.2 Å². The summed E-state index contributed by atoms with van der Waals surface area (Å²) in [6.07, 6.45) is 0.836. The van der Waals surface area contributed by atoms with Gasteiger partial charge in [0.05, 0.1) is 12.1 Å². The Labute approximate surface area is 179 Å². The first-order valence-electron chi connectivity index (χ1n) is 9.97. The van der Waals surface area contributed by atoms with Crippen LogP contribution in [0.1, 0.15) is 29.0 Å². The van der Waals surface area contributed by atoms with E-state index in [9.17, 15) is 9.59 Å². The van der Waals surface area contributed by atoms with Crippen LogP contribution in [0.5, 0.6) is 5.75 Å². The highest BCUT2D eigenvalue weighted by Crippen LogP contribution is 2.45. The van der Waals surface area contributed by atoms with Crippen molar-refractivity contribution in [3.8, 4) is 5.75 Å². The van der Waals surface area contributed by atoms with Gasteiger partial charge in [0, 0.05) is 23.2 Å². The van der Waals surface area contributed by atoms with E-state index in [1.165, 1.54) is 5.56 Å². The van der Waals surface area contributed by atoms with Crippen LogP contribution in [0.3, 0.4) is 0 Å². The topological polar surface area (TPSA) is 83.6 Å². The van der Waals surface area contributed by atoms with E-state index in [0.717, 1.165) is 34.3 Å². The Balaban J connectivity index is 1.85. The number of aromatic nitrogens is 1. The first-order valence-corrected chi connectivity index (χ1v) is 11.0. The third-order valence-corrected chi connectivity index (χ3v) is 6.42. The van der Waals surface area contributed by atoms with Gasteiger partial charge in [-0.1, -0.05) is 36.4 Å². The highest BCUT2D eigenvalue weighted by molar-refractivity contribution is 8.00. The van der Waals surface area contributed by atoms with Crippen LogP contribution in [-0.2, 0) is 27.3 Å². The lowest BCUT2D eigenvalue weighted by Crippen LogP contribution is -2.24. The fourth-order valence-corrected chi connectivity index (χ4v) is 5.12. The van der Waals surface area contributed by atoms with E-state index in [1.807, 2.05) is 36.4 Å². The van der Waals surface area contributed by atoms with Gasteiger partial charge >= 0.3 is 5.97 Å². The number of benzene rings is 2. The van der Waals surface area contributed by atoms with Gasteiger partial charge in [0.25, 0.3) is 0 Å². The van der Waals surface area contributed by atoms with Gasteiger partial charge < -0.3 is 19.8 Å². The minimum atomic E-state index is -0.444. The quantitative estimate of drug-likeness (QED) is 0.588. The van der Waals surface area contributed by atoms with E-state index in [1.54, 1.807) is 18.7 Å². The van der Waals surface area contributed by atoms with Gasteiger partial charge in [-0.05, 0) is 36.8 Å². The van der Waals surface area contributed by atoms with Crippen LogP contribution in [0, 0.1) is 0 Å². The van der Waals surface area contributed by atoms with E-state index in [-0.39, 0.29) is 12.5 Å². The van der Waals surface area contributed by atoms with Crippen molar-refractivity contribution in [3.63, 3.8) is 0 Å². The second kappa shape index (κ2) is 8.83. The molecule has 0 saturated heterocycles. The lowest BCUT2D eigenvalue weighted by molar-refractivity contribution is -0.145. The number of primary amides is 1. The third kappa shape index (κ3) is 3.89. The van der Waals surface area contributed by atoms with Crippen molar-refractivity contribution in [2.45, 2.75) is 25.1 Å². The molecule has 2 N–H and O–H groups in total. The molecule has 0 aliphatic carbocycles. The Morgan fingerprint density at radius 1 is 1.17 bits per heavy atom. The van der Waals surface area contributed by atoms with Crippen molar-refractivity contribution in [2.24, 2.45) is 5.73 Å². The Kier molecular flexibility index (Phi) is 5.99. The summed E-state index contributed by atoms with van der Waals surface area (Å²) in [4.78, 5) is 24.1. The van der Waals surface area contributed by atoms with Crippen molar-refractivity contribution in [2.75, 3.05) is 19.0 Å². The van der Waals surface area contributed by atoms with Crippen LogP contribution in [0.4, 0.5) is 0 Å². The molecule has 6 nitrogen and oxygen atoms in total. The summed E-state index contributed by atoms with van der Waals surface area (Å²) < 4.78 is 13.1. The maximum atomic E-state index is 12.3. The zero-order valence-corrected chi connectivity index (χ0v) is 17.6. The molecule has 2 aromatic carbocycles. The largest absolute Gasteiger partial charge is 0.481 e. The predicted octanol–water partition coefficient (Wildman–Crippen LogP) is 3.45. The number of carbonyl (C=O) groups is 2. The average Bonchev–Trinajstić information content (AvgIpc) is 3.07. The fraction of sp³-hybridized carbons (Fsp3) is 0.304. The smallest absolute Gasteiger partial charge is 0.344 e. The molecule has 1 aromatic heterocycles.